The average Bonchev–Trinajstić information content (AvgIpc) is 2.48. The topological polar surface area (TPSA) is 9.23 Å². The van der Waals surface area contributed by atoms with Crippen molar-refractivity contribution in [1.82, 2.24) is 0 Å². The van der Waals surface area contributed by atoms with Gasteiger partial charge in [-0.3, -0.25) is 0 Å². The maximum absolute atomic E-state index is 5.01. The van der Waals surface area contributed by atoms with Gasteiger partial charge in [0.05, 0.1) is 6.61 Å². The van der Waals surface area contributed by atoms with Crippen molar-refractivity contribution < 1.29 is 4.74 Å². The van der Waals surface area contributed by atoms with E-state index >= 15 is 0 Å². The smallest absolute Gasteiger partial charge is 0.0646 e. The molecule has 0 amide bonds. The van der Waals surface area contributed by atoms with Crippen LogP contribution in [0.15, 0.2) is 60.7 Å². The molecule has 0 aliphatic heterocycles. The van der Waals surface area contributed by atoms with E-state index in [1.807, 2.05) is 60.7 Å². The largest absolute Gasteiger partial charge is 0.381 e. The molecular formula is C18H16O. The summed E-state index contributed by atoms with van der Waals surface area (Å²) in [5.74, 6) is 6.39. The van der Waals surface area contributed by atoms with Crippen molar-refractivity contribution >= 4 is 6.08 Å². The van der Waals surface area contributed by atoms with Crippen LogP contribution in [-0.4, -0.2) is 13.7 Å². The van der Waals surface area contributed by atoms with Crippen molar-refractivity contribution in [2.45, 2.75) is 0 Å². The lowest BCUT2D eigenvalue weighted by Gasteiger charge is -1.98. The van der Waals surface area contributed by atoms with Gasteiger partial charge >= 0.3 is 0 Å². The summed E-state index contributed by atoms with van der Waals surface area (Å²) in [6, 6.07) is 18.1. The summed E-state index contributed by atoms with van der Waals surface area (Å²) in [6.07, 6.45) is 4.03. The van der Waals surface area contributed by atoms with Crippen LogP contribution < -0.4 is 0 Å². The summed E-state index contributed by atoms with van der Waals surface area (Å²) in [5.41, 5.74) is 3.17. The maximum atomic E-state index is 5.01. The van der Waals surface area contributed by atoms with E-state index in [4.69, 9.17) is 4.74 Å². The standard InChI is InChI=1S/C18H16O/c1-19-15-7-12-17-10-5-6-11-18(17)14-13-16-8-3-2-4-9-16/h2-12H,15H2,1H3/b12-7+. The van der Waals surface area contributed by atoms with Gasteiger partial charge in [-0.05, 0) is 23.8 Å². The number of hydrogen-bond acceptors (Lipinski definition) is 1. The van der Waals surface area contributed by atoms with Crippen LogP contribution in [0.4, 0.5) is 0 Å². The highest BCUT2D eigenvalue weighted by molar-refractivity contribution is 5.60. The normalized spacial score (nSPS) is 10.2. The van der Waals surface area contributed by atoms with E-state index in [1.165, 1.54) is 0 Å². The minimum Gasteiger partial charge on any atom is -0.381 e. The Morgan fingerprint density at radius 2 is 1.68 bits per heavy atom. The second-order valence-corrected chi connectivity index (χ2v) is 4.06. The first-order chi connectivity index (χ1) is 9.40. The molecule has 0 heterocycles. The van der Waals surface area contributed by atoms with Crippen molar-refractivity contribution in [1.29, 1.82) is 0 Å². The highest BCUT2D eigenvalue weighted by atomic mass is 16.5. The van der Waals surface area contributed by atoms with Crippen molar-refractivity contribution in [3.05, 3.63) is 77.4 Å². The highest BCUT2D eigenvalue weighted by Crippen LogP contribution is 2.09. The van der Waals surface area contributed by atoms with Gasteiger partial charge in [0.15, 0.2) is 0 Å². The van der Waals surface area contributed by atoms with E-state index in [0.717, 1.165) is 16.7 Å². The van der Waals surface area contributed by atoms with Crippen molar-refractivity contribution in [2.75, 3.05) is 13.7 Å². The van der Waals surface area contributed by atoms with E-state index < -0.39 is 0 Å². The fraction of sp³-hybridized carbons (Fsp3) is 0.111. The van der Waals surface area contributed by atoms with Crippen LogP contribution in [0.25, 0.3) is 6.08 Å². The van der Waals surface area contributed by atoms with E-state index in [-0.39, 0.29) is 0 Å². The fourth-order valence-electron chi connectivity index (χ4n) is 1.69. The Morgan fingerprint density at radius 1 is 0.947 bits per heavy atom. The lowest BCUT2D eigenvalue weighted by atomic mass is 10.1. The molecule has 0 radical (unpaired) electrons. The Labute approximate surface area is 114 Å². The van der Waals surface area contributed by atoms with E-state index in [1.54, 1.807) is 7.11 Å². The Kier molecular flexibility index (Phi) is 4.98. The van der Waals surface area contributed by atoms with Gasteiger partial charge in [0.1, 0.15) is 0 Å². The molecule has 0 aliphatic carbocycles. The average molecular weight is 248 g/mol. The number of methoxy groups -OCH3 is 1. The second kappa shape index (κ2) is 7.20. The molecule has 0 N–H and O–H groups in total. The summed E-state index contributed by atoms with van der Waals surface area (Å²) in [6.45, 7) is 0.612. The van der Waals surface area contributed by atoms with Crippen molar-refractivity contribution in [3.63, 3.8) is 0 Å². The molecule has 0 saturated carbocycles. The molecule has 1 nitrogen and oxygen atoms in total. The third-order valence-electron chi connectivity index (χ3n) is 2.64. The molecule has 94 valence electrons. The predicted octanol–water partition coefficient (Wildman–Crippen LogP) is 3.75. The zero-order valence-corrected chi connectivity index (χ0v) is 11.0. The molecule has 2 aromatic rings. The van der Waals surface area contributed by atoms with E-state index in [0.29, 0.717) is 6.61 Å². The first kappa shape index (κ1) is 13.1. The van der Waals surface area contributed by atoms with Crippen LogP contribution in [0, 0.1) is 11.8 Å². The van der Waals surface area contributed by atoms with Crippen LogP contribution in [-0.2, 0) is 4.74 Å². The lowest BCUT2D eigenvalue weighted by Crippen LogP contribution is -1.84. The number of rotatable bonds is 3. The molecule has 0 aromatic heterocycles. The van der Waals surface area contributed by atoms with Gasteiger partial charge in [-0.25, -0.2) is 0 Å². The second-order valence-electron chi connectivity index (χ2n) is 4.06. The SMILES string of the molecule is COC/C=C/c1ccccc1C#Cc1ccccc1. The number of hydrogen-bond donors (Lipinski definition) is 0. The van der Waals surface area contributed by atoms with Gasteiger partial charge in [0, 0.05) is 18.2 Å². The monoisotopic (exact) mass is 248 g/mol. The summed E-state index contributed by atoms with van der Waals surface area (Å²) in [5, 5.41) is 0. The fourth-order valence-corrected chi connectivity index (χ4v) is 1.69. The molecule has 0 bridgehead atoms. The van der Waals surface area contributed by atoms with Crippen LogP contribution in [0.1, 0.15) is 16.7 Å². The van der Waals surface area contributed by atoms with Gasteiger partial charge in [0.25, 0.3) is 0 Å². The predicted molar refractivity (Wildman–Crippen MR) is 79.8 cm³/mol. The first-order valence-electron chi connectivity index (χ1n) is 6.22. The zero-order valence-electron chi connectivity index (χ0n) is 11.0. The van der Waals surface area contributed by atoms with E-state index in [2.05, 4.69) is 17.9 Å². The summed E-state index contributed by atoms with van der Waals surface area (Å²) in [7, 11) is 1.69. The molecule has 0 atom stereocenters. The van der Waals surface area contributed by atoms with Gasteiger partial charge in [-0.1, -0.05) is 60.4 Å². The Hall–Kier alpha value is -2.30. The highest BCUT2D eigenvalue weighted by Gasteiger charge is 1.94. The van der Waals surface area contributed by atoms with Crippen LogP contribution in [0.5, 0.6) is 0 Å². The molecule has 2 aromatic carbocycles. The first-order valence-corrected chi connectivity index (χ1v) is 6.22. The van der Waals surface area contributed by atoms with Crippen molar-refractivity contribution in [3.8, 4) is 11.8 Å². The minimum absolute atomic E-state index is 0.612. The number of ether oxygens (including phenoxy) is 1. The molecule has 0 saturated heterocycles. The van der Waals surface area contributed by atoms with Gasteiger partial charge in [0.2, 0.25) is 0 Å². The lowest BCUT2D eigenvalue weighted by molar-refractivity contribution is 0.234. The molecule has 0 aliphatic rings. The van der Waals surface area contributed by atoms with Gasteiger partial charge in [-0.2, -0.15) is 0 Å². The number of benzene rings is 2. The molecule has 19 heavy (non-hydrogen) atoms. The van der Waals surface area contributed by atoms with Crippen LogP contribution in [0.3, 0.4) is 0 Å². The van der Waals surface area contributed by atoms with Crippen LogP contribution >= 0.6 is 0 Å². The van der Waals surface area contributed by atoms with E-state index in [9.17, 15) is 0 Å². The Morgan fingerprint density at radius 3 is 2.47 bits per heavy atom. The maximum Gasteiger partial charge on any atom is 0.0646 e. The Bertz CT molecular complexity index is 600. The molecule has 0 spiro atoms. The third kappa shape index (κ3) is 4.13. The molecule has 0 fully saturated rings. The summed E-state index contributed by atoms with van der Waals surface area (Å²) in [4.78, 5) is 0. The molecular weight excluding hydrogens is 232 g/mol. The van der Waals surface area contributed by atoms with Gasteiger partial charge < -0.3 is 4.74 Å². The van der Waals surface area contributed by atoms with Gasteiger partial charge in [-0.15, -0.1) is 0 Å². The Balaban J connectivity index is 2.23. The zero-order chi connectivity index (χ0) is 13.3. The van der Waals surface area contributed by atoms with Crippen molar-refractivity contribution in [2.24, 2.45) is 0 Å². The minimum atomic E-state index is 0.612. The molecule has 2 rings (SSSR count). The van der Waals surface area contributed by atoms with Crippen LogP contribution in [0.2, 0.25) is 0 Å². The summed E-state index contributed by atoms with van der Waals surface area (Å²) < 4.78 is 5.01. The third-order valence-corrected chi connectivity index (χ3v) is 2.64. The molecule has 0 unspecified atom stereocenters. The quantitative estimate of drug-likeness (QED) is 0.752. The molecule has 1 heteroatoms. The summed E-state index contributed by atoms with van der Waals surface area (Å²) >= 11 is 0.